The number of hydrogen-bond donors (Lipinski definition) is 1. The lowest BCUT2D eigenvalue weighted by Crippen LogP contribution is -2.33. The van der Waals surface area contributed by atoms with E-state index < -0.39 is 12.5 Å². The molecule has 4 rings (SSSR count). The van der Waals surface area contributed by atoms with Crippen LogP contribution in [0.25, 0.3) is 0 Å². The number of fused-ring (bicyclic) bond motifs is 2. The number of carbonyl (C=O) groups excluding carboxylic acids is 1. The number of para-hydroxylation sites is 2. The molecule has 1 heterocycles. The fraction of sp³-hybridized carbons (Fsp3) is 0.208. The Bertz CT molecular complexity index is 1040. The first kappa shape index (κ1) is 20.7. The van der Waals surface area contributed by atoms with E-state index in [0.29, 0.717) is 24.5 Å². The Labute approximate surface area is 178 Å². The summed E-state index contributed by atoms with van der Waals surface area (Å²) in [5.74, 6) is 0.864. The number of hydrogen-bond acceptors (Lipinski definition) is 4. The smallest absolute Gasteiger partial charge is 0.387 e. The highest BCUT2D eigenvalue weighted by atomic mass is 19.3. The van der Waals surface area contributed by atoms with Crippen LogP contribution in [-0.4, -0.2) is 26.2 Å². The van der Waals surface area contributed by atoms with Crippen molar-refractivity contribution in [2.45, 2.75) is 19.0 Å². The third-order valence-electron chi connectivity index (χ3n) is 5.10. The molecule has 1 N–H and O–H groups in total. The lowest BCUT2D eigenvalue weighted by atomic mass is 9.87. The normalized spacial score (nSPS) is 12.5. The molecule has 1 aliphatic heterocycles. The topological polar surface area (TPSA) is 56.8 Å². The Morgan fingerprint density at radius 3 is 2.26 bits per heavy atom. The summed E-state index contributed by atoms with van der Waals surface area (Å²) in [6, 6.07) is 19.7. The van der Waals surface area contributed by atoms with Gasteiger partial charge in [0.05, 0.1) is 13.0 Å². The van der Waals surface area contributed by atoms with Gasteiger partial charge in [-0.2, -0.15) is 8.78 Å². The fourth-order valence-corrected chi connectivity index (χ4v) is 3.69. The number of benzene rings is 3. The maximum Gasteiger partial charge on any atom is 0.387 e. The van der Waals surface area contributed by atoms with Gasteiger partial charge < -0.3 is 19.5 Å². The van der Waals surface area contributed by atoms with Crippen LogP contribution in [0, 0.1) is 0 Å². The molecular formula is C24H21F2NO4. The van der Waals surface area contributed by atoms with Crippen LogP contribution in [0.4, 0.5) is 8.78 Å². The number of nitrogens with one attached hydrogen (secondary N) is 1. The van der Waals surface area contributed by atoms with Crippen molar-refractivity contribution in [1.82, 2.24) is 5.32 Å². The number of ether oxygens (including phenoxy) is 3. The Hall–Kier alpha value is -3.61. The minimum Gasteiger partial charge on any atom is -0.493 e. The van der Waals surface area contributed by atoms with Crippen molar-refractivity contribution >= 4 is 5.91 Å². The summed E-state index contributed by atoms with van der Waals surface area (Å²) < 4.78 is 40.8. The van der Waals surface area contributed by atoms with Crippen molar-refractivity contribution in [1.29, 1.82) is 0 Å². The first-order valence-electron chi connectivity index (χ1n) is 9.82. The van der Waals surface area contributed by atoms with Crippen molar-refractivity contribution in [3.05, 3.63) is 83.4 Å². The van der Waals surface area contributed by atoms with E-state index in [9.17, 15) is 13.6 Å². The molecule has 0 saturated carbocycles. The molecule has 0 bridgehead atoms. The Balaban J connectivity index is 1.48. The van der Waals surface area contributed by atoms with E-state index in [4.69, 9.17) is 9.47 Å². The van der Waals surface area contributed by atoms with Crippen molar-refractivity contribution < 1.29 is 27.8 Å². The molecule has 0 atom stereocenters. The molecule has 0 saturated heterocycles. The molecule has 3 aromatic carbocycles. The zero-order chi connectivity index (χ0) is 21.8. The van der Waals surface area contributed by atoms with Gasteiger partial charge in [0.1, 0.15) is 11.5 Å². The van der Waals surface area contributed by atoms with Gasteiger partial charge in [-0.05, 0) is 36.2 Å². The van der Waals surface area contributed by atoms with Gasteiger partial charge in [0.15, 0.2) is 11.5 Å². The zero-order valence-corrected chi connectivity index (χ0v) is 16.8. The molecule has 31 heavy (non-hydrogen) atoms. The van der Waals surface area contributed by atoms with E-state index in [1.165, 1.54) is 13.2 Å². The average molecular weight is 425 g/mol. The summed E-state index contributed by atoms with van der Waals surface area (Å²) in [5, 5.41) is 2.96. The van der Waals surface area contributed by atoms with E-state index in [2.05, 4.69) is 10.1 Å². The fourth-order valence-electron chi connectivity index (χ4n) is 3.69. The Kier molecular flexibility index (Phi) is 6.02. The quantitative estimate of drug-likeness (QED) is 0.586. The molecule has 1 amide bonds. The highest BCUT2D eigenvalue weighted by molar-refractivity contribution is 5.89. The molecule has 3 aromatic rings. The number of amides is 1. The molecule has 7 heteroatoms. The van der Waals surface area contributed by atoms with Crippen LogP contribution in [0.5, 0.6) is 23.0 Å². The average Bonchev–Trinajstić information content (AvgIpc) is 2.77. The molecule has 0 aliphatic carbocycles. The number of halogens is 2. The summed E-state index contributed by atoms with van der Waals surface area (Å²) >= 11 is 0. The maximum atomic E-state index is 13.1. The van der Waals surface area contributed by atoms with Crippen molar-refractivity contribution in [3.63, 3.8) is 0 Å². The summed E-state index contributed by atoms with van der Waals surface area (Å²) in [6.07, 6.45) is 0.446. The Morgan fingerprint density at radius 1 is 1.00 bits per heavy atom. The Morgan fingerprint density at radius 2 is 1.65 bits per heavy atom. The van der Waals surface area contributed by atoms with Gasteiger partial charge in [0, 0.05) is 17.7 Å². The molecule has 160 valence electrons. The van der Waals surface area contributed by atoms with E-state index >= 15 is 0 Å². The van der Waals surface area contributed by atoms with Gasteiger partial charge in [-0.1, -0.05) is 42.5 Å². The third-order valence-corrected chi connectivity index (χ3v) is 5.10. The summed E-state index contributed by atoms with van der Waals surface area (Å²) in [7, 11) is 1.39. The van der Waals surface area contributed by atoms with Crippen LogP contribution in [0.1, 0.15) is 22.6 Å². The summed E-state index contributed by atoms with van der Waals surface area (Å²) in [5.41, 5.74) is 2.34. The van der Waals surface area contributed by atoms with Crippen LogP contribution in [0.3, 0.4) is 0 Å². The number of alkyl halides is 2. The predicted octanol–water partition coefficient (Wildman–Crippen LogP) is 4.89. The molecular weight excluding hydrogens is 404 g/mol. The summed E-state index contributed by atoms with van der Waals surface area (Å²) in [4.78, 5) is 13.1. The number of rotatable bonds is 7. The number of carbonyl (C=O) groups is 1. The van der Waals surface area contributed by atoms with E-state index in [1.807, 2.05) is 48.5 Å². The first-order valence-corrected chi connectivity index (χ1v) is 9.82. The predicted molar refractivity (Wildman–Crippen MR) is 111 cm³/mol. The molecule has 5 nitrogen and oxygen atoms in total. The van der Waals surface area contributed by atoms with Crippen LogP contribution in [0.2, 0.25) is 0 Å². The van der Waals surface area contributed by atoms with Crippen LogP contribution < -0.4 is 19.5 Å². The van der Waals surface area contributed by atoms with Gasteiger partial charge in [0.2, 0.25) is 5.91 Å². The van der Waals surface area contributed by atoms with E-state index in [1.54, 1.807) is 12.1 Å². The van der Waals surface area contributed by atoms with Gasteiger partial charge in [-0.3, -0.25) is 4.79 Å². The van der Waals surface area contributed by atoms with E-state index in [-0.39, 0.29) is 17.4 Å². The second-order valence-electron chi connectivity index (χ2n) is 7.02. The lowest BCUT2D eigenvalue weighted by molar-refractivity contribution is -0.121. The largest absolute Gasteiger partial charge is 0.493 e. The highest BCUT2D eigenvalue weighted by Gasteiger charge is 2.32. The van der Waals surface area contributed by atoms with Crippen LogP contribution in [0.15, 0.2) is 66.7 Å². The summed E-state index contributed by atoms with van der Waals surface area (Å²) in [6.45, 7) is -2.61. The molecule has 0 spiro atoms. The van der Waals surface area contributed by atoms with Crippen molar-refractivity contribution in [2.24, 2.45) is 0 Å². The number of methoxy groups -OCH3 is 1. The minimum absolute atomic E-state index is 0.0337. The molecule has 0 aromatic heterocycles. The first-order chi connectivity index (χ1) is 15.1. The molecule has 0 unspecified atom stereocenters. The lowest BCUT2D eigenvalue weighted by Gasteiger charge is -2.27. The maximum absolute atomic E-state index is 13.1. The van der Waals surface area contributed by atoms with Gasteiger partial charge in [-0.25, -0.2) is 0 Å². The SMILES string of the molecule is COc1ccc(CCNC(=O)C2c3ccccc3Oc3ccccc32)cc1OC(F)F. The highest BCUT2D eigenvalue weighted by Crippen LogP contribution is 2.43. The van der Waals surface area contributed by atoms with E-state index in [0.717, 1.165) is 16.7 Å². The second-order valence-corrected chi connectivity index (χ2v) is 7.02. The standard InChI is InChI=1S/C24H21F2NO4/c1-29-20-11-10-15(14-21(20)31-24(25)26)12-13-27-23(28)22-16-6-2-4-8-18(16)30-19-9-5-3-7-17(19)22/h2-11,14,22,24H,12-13H2,1H3,(H,27,28). The molecule has 1 aliphatic rings. The van der Waals surface area contributed by atoms with Crippen molar-refractivity contribution in [3.8, 4) is 23.0 Å². The third kappa shape index (κ3) is 4.45. The monoisotopic (exact) mass is 425 g/mol. The van der Waals surface area contributed by atoms with Crippen molar-refractivity contribution in [2.75, 3.05) is 13.7 Å². The molecule has 0 fully saturated rings. The minimum atomic E-state index is -2.95. The van der Waals surface area contributed by atoms with Crippen LogP contribution in [-0.2, 0) is 11.2 Å². The van der Waals surface area contributed by atoms with Gasteiger partial charge in [-0.15, -0.1) is 0 Å². The molecule has 0 radical (unpaired) electrons. The zero-order valence-electron chi connectivity index (χ0n) is 16.8. The van der Waals surface area contributed by atoms with Gasteiger partial charge in [0.25, 0.3) is 0 Å². The van der Waals surface area contributed by atoms with Crippen LogP contribution >= 0.6 is 0 Å². The second kappa shape index (κ2) is 9.04. The van der Waals surface area contributed by atoms with Gasteiger partial charge >= 0.3 is 6.61 Å².